The fourth-order valence-corrected chi connectivity index (χ4v) is 5.15. The summed E-state index contributed by atoms with van der Waals surface area (Å²) < 4.78 is 44.6. The van der Waals surface area contributed by atoms with Gasteiger partial charge in [-0.1, -0.05) is 50.8 Å². The SMILES string of the molecule is C=C/C=C(\C=C/C)c1ccc(O)c(C(C)(C)CC(O)(Cn2ccc(=O)c3sccc32)C(F)(F)F)c1. The Kier molecular flexibility index (Phi) is 7.48. The number of aromatic nitrogens is 1. The van der Waals surface area contributed by atoms with Crippen LogP contribution in [-0.4, -0.2) is 26.6 Å². The van der Waals surface area contributed by atoms with Crippen LogP contribution in [-0.2, 0) is 12.0 Å². The number of pyridine rings is 1. The third kappa shape index (κ3) is 5.44. The first kappa shape index (κ1) is 26.5. The number of rotatable bonds is 8. The summed E-state index contributed by atoms with van der Waals surface area (Å²) in [4.78, 5) is 12.1. The Labute approximate surface area is 206 Å². The van der Waals surface area contributed by atoms with Gasteiger partial charge in [-0.15, -0.1) is 11.3 Å². The van der Waals surface area contributed by atoms with E-state index in [9.17, 15) is 28.2 Å². The third-order valence-corrected chi connectivity index (χ3v) is 6.90. The number of nitrogens with zero attached hydrogens (tertiary/aromatic N) is 1. The van der Waals surface area contributed by atoms with Gasteiger partial charge < -0.3 is 14.8 Å². The van der Waals surface area contributed by atoms with Gasteiger partial charge >= 0.3 is 6.18 Å². The van der Waals surface area contributed by atoms with Crippen molar-refractivity contribution < 1.29 is 23.4 Å². The van der Waals surface area contributed by atoms with Crippen molar-refractivity contribution in [2.24, 2.45) is 0 Å². The Bertz CT molecular complexity index is 1350. The molecule has 0 bridgehead atoms. The molecule has 4 nitrogen and oxygen atoms in total. The molecule has 2 aromatic heterocycles. The molecule has 1 aromatic carbocycles. The van der Waals surface area contributed by atoms with Gasteiger partial charge in [-0.2, -0.15) is 13.2 Å². The quantitative estimate of drug-likeness (QED) is 0.342. The molecule has 2 N–H and O–H groups in total. The van der Waals surface area contributed by atoms with Gasteiger partial charge in [0.2, 0.25) is 0 Å². The molecule has 0 aliphatic rings. The second kappa shape index (κ2) is 9.87. The van der Waals surface area contributed by atoms with Gasteiger partial charge in [0.1, 0.15) is 5.75 Å². The maximum atomic E-state index is 14.3. The number of thiophene rings is 1. The van der Waals surface area contributed by atoms with Crippen LogP contribution in [0.15, 0.2) is 77.6 Å². The highest BCUT2D eigenvalue weighted by Crippen LogP contribution is 2.45. The first-order chi connectivity index (χ1) is 16.3. The highest BCUT2D eigenvalue weighted by molar-refractivity contribution is 7.17. The lowest BCUT2D eigenvalue weighted by molar-refractivity contribution is -0.271. The summed E-state index contributed by atoms with van der Waals surface area (Å²) in [6.45, 7) is 7.85. The molecule has 0 aliphatic carbocycles. The Morgan fingerprint density at radius 1 is 1.20 bits per heavy atom. The first-order valence-electron chi connectivity index (χ1n) is 11.0. The van der Waals surface area contributed by atoms with Gasteiger partial charge in [-0.25, -0.2) is 0 Å². The summed E-state index contributed by atoms with van der Waals surface area (Å²) >= 11 is 1.14. The van der Waals surface area contributed by atoms with Gasteiger partial charge in [-0.05, 0) is 53.5 Å². The number of hydrogen-bond donors (Lipinski definition) is 2. The standard InChI is InChI=1S/C27H28F3NO3S/c1-5-7-18(8-6-2)19-9-10-22(32)20(15-19)25(3,4)16-26(34,27(28,29)30)17-31-13-11-23(33)24-21(31)12-14-35-24/h5-15,32,34H,1,16-17H2,2-4H3/b8-6-,18-7+. The van der Waals surface area contributed by atoms with Gasteiger partial charge in [0.25, 0.3) is 0 Å². The monoisotopic (exact) mass is 503 g/mol. The number of phenols is 1. The molecule has 2 heterocycles. The largest absolute Gasteiger partial charge is 0.508 e. The minimum absolute atomic E-state index is 0.162. The molecule has 8 heteroatoms. The van der Waals surface area contributed by atoms with Crippen LogP contribution in [0, 0.1) is 0 Å². The molecule has 0 saturated carbocycles. The molecular weight excluding hydrogens is 475 g/mol. The normalized spacial score (nSPS) is 15.0. The van der Waals surface area contributed by atoms with Crippen LogP contribution in [0.25, 0.3) is 15.8 Å². The van der Waals surface area contributed by atoms with Gasteiger partial charge in [0.05, 0.1) is 16.8 Å². The average Bonchev–Trinajstić information content (AvgIpc) is 3.26. The van der Waals surface area contributed by atoms with E-state index in [0.717, 1.165) is 16.9 Å². The fraction of sp³-hybridized carbons (Fsp3) is 0.296. The Morgan fingerprint density at radius 2 is 1.91 bits per heavy atom. The summed E-state index contributed by atoms with van der Waals surface area (Å²) in [7, 11) is 0. The summed E-state index contributed by atoms with van der Waals surface area (Å²) in [6, 6.07) is 7.51. The number of phenolic OH excluding ortho intramolecular Hbond substituents is 1. The van der Waals surface area contributed by atoms with Crippen molar-refractivity contribution in [1.29, 1.82) is 0 Å². The smallest absolute Gasteiger partial charge is 0.418 e. The number of hydrogen-bond acceptors (Lipinski definition) is 4. The highest BCUT2D eigenvalue weighted by atomic mass is 32.1. The molecule has 0 amide bonds. The van der Waals surface area contributed by atoms with Crippen molar-refractivity contribution in [2.45, 2.75) is 50.9 Å². The van der Waals surface area contributed by atoms with E-state index in [2.05, 4.69) is 6.58 Å². The van der Waals surface area contributed by atoms with Crippen LogP contribution in [0.1, 0.15) is 38.3 Å². The topological polar surface area (TPSA) is 62.5 Å². The highest BCUT2D eigenvalue weighted by Gasteiger charge is 2.56. The van der Waals surface area contributed by atoms with E-state index in [4.69, 9.17) is 0 Å². The van der Waals surface area contributed by atoms with E-state index in [-0.39, 0.29) is 16.7 Å². The summed E-state index contributed by atoms with van der Waals surface area (Å²) in [6.07, 6.45) is 2.60. The third-order valence-electron chi connectivity index (χ3n) is 5.98. The molecular formula is C27H28F3NO3S. The fourth-order valence-electron chi connectivity index (χ4n) is 4.33. The average molecular weight is 504 g/mol. The van der Waals surface area contributed by atoms with Gasteiger partial charge in [-0.3, -0.25) is 4.79 Å². The van der Waals surface area contributed by atoms with E-state index >= 15 is 0 Å². The zero-order valence-corrected chi connectivity index (χ0v) is 20.6. The second-order valence-corrected chi connectivity index (χ2v) is 10.0. The molecule has 0 fully saturated rings. The number of aliphatic hydroxyl groups is 1. The summed E-state index contributed by atoms with van der Waals surface area (Å²) in [5.74, 6) is -0.162. The van der Waals surface area contributed by atoms with Gasteiger partial charge in [0.15, 0.2) is 11.0 Å². The Hall–Kier alpha value is -3.10. The summed E-state index contributed by atoms with van der Waals surface area (Å²) in [5, 5.41) is 23.3. The Morgan fingerprint density at radius 3 is 2.54 bits per heavy atom. The lowest BCUT2D eigenvalue weighted by atomic mass is 9.73. The lowest BCUT2D eigenvalue weighted by Crippen LogP contribution is -2.52. The Balaban J connectivity index is 2.07. The molecule has 0 saturated heterocycles. The van der Waals surface area contributed by atoms with Crippen molar-refractivity contribution in [3.8, 4) is 5.75 Å². The number of aromatic hydroxyl groups is 1. The zero-order chi connectivity index (χ0) is 26.0. The molecule has 186 valence electrons. The molecule has 1 unspecified atom stereocenters. The molecule has 35 heavy (non-hydrogen) atoms. The number of halogens is 3. The van der Waals surface area contributed by atoms with Crippen LogP contribution >= 0.6 is 11.3 Å². The predicted octanol–water partition coefficient (Wildman–Crippen LogP) is 6.58. The second-order valence-electron chi connectivity index (χ2n) is 9.12. The molecule has 0 spiro atoms. The van der Waals surface area contributed by atoms with Crippen LogP contribution in [0.5, 0.6) is 5.75 Å². The van der Waals surface area contributed by atoms with Crippen molar-refractivity contribution in [1.82, 2.24) is 4.57 Å². The predicted molar refractivity (Wildman–Crippen MR) is 136 cm³/mol. The van der Waals surface area contributed by atoms with E-state index < -0.39 is 30.2 Å². The van der Waals surface area contributed by atoms with E-state index in [0.29, 0.717) is 15.8 Å². The maximum absolute atomic E-state index is 14.3. The molecule has 0 radical (unpaired) electrons. The zero-order valence-electron chi connectivity index (χ0n) is 19.8. The van der Waals surface area contributed by atoms with Crippen LogP contribution in [0.3, 0.4) is 0 Å². The van der Waals surface area contributed by atoms with Crippen molar-refractivity contribution in [2.75, 3.05) is 0 Å². The van der Waals surface area contributed by atoms with E-state index in [1.165, 1.54) is 22.9 Å². The van der Waals surface area contributed by atoms with E-state index in [1.807, 2.05) is 19.1 Å². The van der Waals surface area contributed by atoms with Crippen molar-refractivity contribution >= 4 is 27.1 Å². The lowest BCUT2D eigenvalue weighted by Gasteiger charge is -2.38. The van der Waals surface area contributed by atoms with Crippen molar-refractivity contribution in [3.63, 3.8) is 0 Å². The van der Waals surface area contributed by atoms with Crippen LogP contribution in [0.2, 0.25) is 0 Å². The maximum Gasteiger partial charge on any atom is 0.418 e. The first-order valence-corrected chi connectivity index (χ1v) is 11.9. The van der Waals surface area contributed by atoms with E-state index in [1.54, 1.807) is 49.6 Å². The minimum Gasteiger partial charge on any atom is -0.508 e. The summed E-state index contributed by atoms with van der Waals surface area (Å²) in [5.41, 5.74) is -2.61. The number of alkyl halides is 3. The molecule has 0 aliphatic heterocycles. The minimum atomic E-state index is -4.97. The molecule has 3 aromatic rings. The van der Waals surface area contributed by atoms with Crippen molar-refractivity contribution in [3.05, 3.63) is 94.1 Å². The van der Waals surface area contributed by atoms with Gasteiger partial charge in [0, 0.05) is 17.8 Å². The number of allylic oxidation sites excluding steroid dienone is 5. The van der Waals surface area contributed by atoms with Crippen LogP contribution in [0.4, 0.5) is 13.2 Å². The molecule has 3 rings (SSSR count). The number of benzene rings is 1. The number of fused-ring (bicyclic) bond motifs is 1. The molecule has 1 atom stereocenters. The van der Waals surface area contributed by atoms with Crippen LogP contribution < -0.4 is 5.43 Å².